The lowest BCUT2D eigenvalue weighted by Gasteiger charge is -2.34. The summed E-state index contributed by atoms with van der Waals surface area (Å²) in [6, 6.07) is 16.1. The van der Waals surface area contributed by atoms with Gasteiger partial charge >= 0.3 is 0 Å². The van der Waals surface area contributed by atoms with Gasteiger partial charge in [-0.25, -0.2) is 19.3 Å². The molecule has 44 heavy (non-hydrogen) atoms. The highest BCUT2D eigenvalue weighted by molar-refractivity contribution is 5.85. The number of hydrogen-bond acceptors (Lipinski definition) is 10. The molecule has 3 N–H and O–H groups in total. The van der Waals surface area contributed by atoms with Gasteiger partial charge in [-0.15, -0.1) is 12.4 Å². The monoisotopic (exact) mass is 616 g/mol. The van der Waals surface area contributed by atoms with E-state index >= 15 is 0 Å². The highest BCUT2D eigenvalue weighted by Crippen LogP contribution is 2.37. The largest absolute Gasteiger partial charge is 0.496 e. The number of rotatable bonds is 7. The third-order valence-corrected chi connectivity index (χ3v) is 7.78. The van der Waals surface area contributed by atoms with E-state index in [1.807, 2.05) is 24.5 Å². The van der Waals surface area contributed by atoms with Gasteiger partial charge in [0.15, 0.2) is 0 Å². The first-order valence-electron chi connectivity index (χ1n) is 14.3. The second-order valence-corrected chi connectivity index (χ2v) is 10.6. The number of nitrogens with one attached hydrogen (secondary N) is 1. The lowest BCUT2D eigenvalue weighted by Crippen LogP contribution is -2.43. The fourth-order valence-electron chi connectivity index (χ4n) is 5.60. The minimum atomic E-state index is -0.528. The first-order chi connectivity index (χ1) is 21.0. The molecular weight excluding hydrogens is 583 g/mol. The molecule has 3 aromatic heterocycles. The Morgan fingerprint density at radius 1 is 1.05 bits per heavy atom. The van der Waals surface area contributed by atoms with Crippen molar-refractivity contribution in [3.8, 4) is 34.2 Å². The van der Waals surface area contributed by atoms with Crippen molar-refractivity contribution in [2.75, 3.05) is 61.6 Å². The normalized spacial score (nSPS) is 16.5. The van der Waals surface area contributed by atoms with Crippen LogP contribution in [0.15, 0.2) is 60.9 Å². The van der Waals surface area contributed by atoms with Gasteiger partial charge in [-0.05, 0) is 49.2 Å². The Bertz CT molecular complexity index is 1640. The molecule has 1 atom stereocenters. The number of piperidine rings is 1. The molecular formula is C32H34ClFN8O2. The minimum absolute atomic E-state index is 0. The van der Waals surface area contributed by atoms with E-state index < -0.39 is 5.82 Å². The topological polar surface area (TPSA) is 125 Å². The maximum atomic E-state index is 14.9. The third kappa shape index (κ3) is 6.53. The molecule has 0 bridgehead atoms. The fourth-order valence-corrected chi connectivity index (χ4v) is 5.60. The number of ether oxygens (including phenoxy) is 2. The summed E-state index contributed by atoms with van der Waals surface area (Å²) in [4.78, 5) is 18.6. The predicted molar refractivity (Wildman–Crippen MR) is 171 cm³/mol. The van der Waals surface area contributed by atoms with Crippen molar-refractivity contribution in [2.45, 2.75) is 18.9 Å². The van der Waals surface area contributed by atoms with E-state index in [9.17, 15) is 9.65 Å². The SMILES string of the molecule is COc1cccc(F)c1-c1nc(Nc2cc(N3CCC[C@H](N)C3)c(-c3ccc(N4CCOCC4)nc3)cn2)ccc1C#N.Cl. The van der Waals surface area contributed by atoms with Gasteiger partial charge in [0.2, 0.25) is 0 Å². The van der Waals surface area contributed by atoms with Crippen molar-refractivity contribution in [3.05, 3.63) is 72.3 Å². The van der Waals surface area contributed by atoms with Crippen LogP contribution in [0.25, 0.3) is 22.4 Å². The Morgan fingerprint density at radius 2 is 1.89 bits per heavy atom. The van der Waals surface area contributed by atoms with Crippen molar-refractivity contribution < 1.29 is 13.9 Å². The Morgan fingerprint density at radius 3 is 2.61 bits per heavy atom. The molecule has 12 heteroatoms. The van der Waals surface area contributed by atoms with Crippen LogP contribution in [-0.4, -0.2) is 67.5 Å². The molecule has 0 spiro atoms. The second-order valence-electron chi connectivity index (χ2n) is 10.6. The molecule has 2 saturated heterocycles. The number of anilines is 4. The van der Waals surface area contributed by atoms with E-state index in [0.717, 1.165) is 61.7 Å². The zero-order valence-corrected chi connectivity index (χ0v) is 25.2. The highest BCUT2D eigenvalue weighted by Gasteiger charge is 2.22. The first kappa shape index (κ1) is 30.9. The molecule has 6 rings (SSSR count). The quantitative estimate of drug-likeness (QED) is 0.288. The molecule has 228 valence electrons. The number of aromatic nitrogens is 3. The second kappa shape index (κ2) is 13.9. The van der Waals surface area contributed by atoms with Crippen LogP contribution in [0.4, 0.5) is 27.5 Å². The average molecular weight is 617 g/mol. The molecule has 10 nitrogen and oxygen atoms in total. The van der Waals surface area contributed by atoms with Gasteiger partial charge in [-0.3, -0.25) is 0 Å². The molecule has 5 heterocycles. The van der Waals surface area contributed by atoms with Crippen LogP contribution in [0.2, 0.25) is 0 Å². The maximum absolute atomic E-state index is 14.9. The van der Waals surface area contributed by atoms with E-state index in [1.54, 1.807) is 24.3 Å². The van der Waals surface area contributed by atoms with Crippen molar-refractivity contribution in [3.63, 3.8) is 0 Å². The fraction of sp³-hybridized carbons (Fsp3) is 0.312. The van der Waals surface area contributed by atoms with Crippen molar-refractivity contribution in [1.82, 2.24) is 15.0 Å². The number of pyridine rings is 3. The van der Waals surface area contributed by atoms with Crippen molar-refractivity contribution >= 4 is 35.5 Å². The zero-order chi connectivity index (χ0) is 29.8. The molecule has 0 amide bonds. The van der Waals surface area contributed by atoms with Crippen LogP contribution in [0, 0.1) is 17.1 Å². The lowest BCUT2D eigenvalue weighted by atomic mass is 10.0. The minimum Gasteiger partial charge on any atom is -0.496 e. The summed E-state index contributed by atoms with van der Waals surface area (Å²) in [5.41, 5.74) is 9.81. The number of hydrogen-bond donors (Lipinski definition) is 2. The number of nitrogens with zero attached hydrogens (tertiary/aromatic N) is 6. The van der Waals surface area contributed by atoms with Gasteiger partial charge in [0.1, 0.15) is 35.1 Å². The summed E-state index contributed by atoms with van der Waals surface area (Å²) in [6.45, 7) is 4.63. The Labute approximate surface area is 262 Å². The van der Waals surface area contributed by atoms with Gasteiger partial charge in [0, 0.05) is 67.5 Å². The number of halogens is 2. The van der Waals surface area contributed by atoms with Gasteiger partial charge in [-0.1, -0.05) is 6.07 Å². The highest BCUT2D eigenvalue weighted by atomic mass is 35.5. The Balaban J connectivity index is 0.00000384. The van der Waals surface area contributed by atoms with Crippen LogP contribution in [-0.2, 0) is 4.74 Å². The summed E-state index contributed by atoms with van der Waals surface area (Å²) in [5.74, 6) is 1.66. The maximum Gasteiger partial charge on any atom is 0.136 e. The molecule has 0 saturated carbocycles. The molecule has 2 aliphatic rings. The van der Waals surface area contributed by atoms with Gasteiger partial charge in [0.25, 0.3) is 0 Å². The van der Waals surface area contributed by atoms with Crippen LogP contribution in [0.5, 0.6) is 5.75 Å². The van der Waals surface area contributed by atoms with Crippen LogP contribution in [0.1, 0.15) is 18.4 Å². The van der Waals surface area contributed by atoms with E-state index in [0.29, 0.717) is 30.6 Å². The summed E-state index contributed by atoms with van der Waals surface area (Å²) >= 11 is 0. The summed E-state index contributed by atoms with van der Waals surface area (Å²) in [5, 5.41) is 13.0. The Hall–Kier alpha value is -4.50. The predicted octanol–water partition coefficient (Wildman–Crippen LogP) is 5.15. The van der Waals surface area contributed by atoms with E-state index in [2.05, 4.69) is 32.2 Å². The van der Waals surface area contributed by atoms with E-state index in [-0.39, 0.29) is 35.3 Å². The number of nitriles is 1. The van der Waals surface area contributed by atoms with E-state index in [4.69, 9.17) is 25.2 Å². The van der Waals surface area contributed by atoms with Gasteiger partial charge < -0.3 is 30.3 Å². The Kier molecular flexibility index (Phi) is 9.75. The first-order valence-corrected chi connectivity index (χ1v) is 14.3. The van der Waals surface area contributed by atoms with Gasteiger partial charge in [-0.2, -0.15) is 5.26 Å². The molecule has 2 aliphatic heterocycles. The standard InChI is InChI=1S/C32H33FN8O2.ClH/c1-42-27-6-2-5-25(33)31(27)32-21(17-34)7-9-28(39-32)38-29-16-26(41-11-3-4-23(35)20-41)24(19-36-29)22-8-10-30(37-18-22)40-12-14-43-15-13-40;/h2,5-10,16,18-19,23H,3-4,11-15,20,35H2,1H3,(H,36,38,39);1H/t23-;/m0./s1. The molecule has 1 aromatic carbocycles. The molecule has 0 radical (unpaired) electrons. The summed E-state index contributed by atoms with van der Waals surface area (Å²) in [6.07, 6.45) is 5.69. The van der Waals surface area contributed by atoms with Gasteiger partial charge in [0.05, 0.1) is 37.1 Å². The molecule has 4 aromatic rings. The molecule has 2 fully saturated rings. The third-order valence-electron chi connectivity index (χ3n) is 7.78. The average Bonchev–Trinajstić information content (AvgIpc) is 3.05. The van der Waals surface area contributed by atoms with E-state index in [1.165, 1.54) is 13.2 Å². The van der Waals surface area contributed by atoms with Crippen LogP contribution < -0.4 is 25.6 Å². The number of methoxy groups -OCH3 is 1. The van der Waals surface area contributed by atoms with Crippen molar-refractivity contribution in [1.29, 1.82) is 5.26 Å². The summed E-state index contributed by atoms with van der Waals surface area (Å²) < 4.78 is 25.8. The lowest BCUT2D eigenvalue weighted by molar-refractivity contribution is 0.122. The smallest absolute Gasteiger partial charge is 0.136 e. The number of morpholine rings is 1. The number of nitrogens with two attached hydrogens (primary N) is 1. The zero-order valence-electron chi connectivity index (χ0n) is 24.4. The van der Waals surface area contributed by atoms with Crippen molar-refractivity contribution in [2.24, 2.45) is 5.73 Å². The molecule has 0 aliphatic carbocycles. The number of benzene rings is 1. The van der Waals surface area contributed by atoms with Crippen LogP contribution in [0.3, 0.4) is 0 Å². The summed E-state index contributed by atoms with van der Waals surface area (Å²) in [7, 11) is 1.46. The molecule has 0 unspecified atom stereocenters. The van der Waals surface area contributed by atoms with Crippen LogP contribution >= 0.6 is 12.4 Å².